The monoisotopic (exact) mass is 332 g/mol. The Hall–Kier alpha value is -2.12. The molecule has 3 nitrogen and oxygen atoms in total. The van der Waals surface area contributed by atoms with E-state index >= 15 is 0 Å². The van der Waals surface area contributed by atoms with Crippen molar-refractivity contribution in [3.63, 3.8) is 0 Å². The maximum atomic E-state index is 13.1. The molecule has 124 valence electrons. The highest BCUT2D eigenvalue weighted by Crippen LogP contribution is 2.48. The van der Waals surface area contributed by atoms with E-state index < -0.39 is 42.0 Å². The van der Waals surface area contributed by atoms with Gasteiger partial charge in [-0.1, -0.05) is 12.1 Å². The smallest absolute Gasteiger partial charge is 0.285 e. The van der Waals surface area contributed by atoms with Gasteiger partial charge in [0.1, 0.15) is 0 Å². The average Bonchev–Trinajstić information content (AvgIpc) is 2.70. The molecular formula is C15H13F5N2O. The lowest BCUT2D eigenvalue weighted by molar-refractivity contribution is -0.137. The highest BCUT2D eigenvalue weighted by Gasteiger charge is 2.47. The maximum absolute atomic E-state index is 13.1. The van der Waals surface area contributed by atoms with Crippen LogP contribution in [0.3, 0.4) is 0 Å². The Labute approximate surface area is 127 Å². The molecule has 1 fully saturated rings. The first-order valence-corrected chi connectivity index (χ1v) is 6.93. The fourth-order valence-corrected chi connectivity index (χ4v) is 2.98. The molecule has 2 aromatic rings. The molecule has 0 amide bonds. The molecule has 0 spiro atoms. The fraction of sp³-hybridized carbons (Fsp3) is 0.400. The van der Waals surface area contributed by atoms with Gasteiger partial charge in [-0.2, -0.15) is 13.2 Å². The van der Waals surface area contributed by atoms with Gasteiger partial charge in [0.2, 0.25) is 5.92 Å². The van der Waals surface area contributed by atoms with Crippen molar-refractivity contribution < 1.29 is 22.0 Å². The van der Waals surface area contributed by atoms with Crippen LogP contribution in [0.4, 0.5) is 22.0 Å². The van der Waals surface area contributed by atoms with Crippen molar-refractivity contribution in [3.8, 4) is 5.69 Å². The number of hydrogen-bond acceptors (Lipinski definition) is 1. The number of para-hydroxylation sites is 1. The molecule has 1 aliphatic carbocycles. The van der Waals surface area contributed by atoms with Crippen LogP contribution in [0.1, 0.15) is 30.0 Å². The highest BCUT2D eigenvalue weighted by atomic mass is 19.4. The van der Waals surface area contributed by atoms with E-state index in [0.717, 1.165) is 16.8 Å². The normalized spacial score (nSPS) is 18.0. The van der Waals surface area contributed by atoms with Gasteiger partial charge in [0.15, 0.2) is 0 Å². The third-order valence-corrected chi connectivity index (χ3v) is 4.10. The van der Waals surface area contributed by atoms with Gasteiger partial charge in [-0.15, -0.1) is 0 Å². The molecule has 1 aromatic heterocycles. The minimum atomic E-state index is -4.62. The van der Waals surface area contributed by atoms with E-state index in [9.17, 15) is 26.7 Å². The van der Waals surface area contributed by atoms with Crippen LogP contribution in [-0.2, 0) is 13.2 Å². The lowest BCUT2D eigenvalue weighted by Crippen LogP contribution is -2.35. The molecule has 1 saturated carbocycles. The second-order valence-corrected chi connectivity index (χ2v) is 5.72. The summed E-state index contributed by atoms with van der Waals surface area (Å²) in [6.07, 6.45) is -5.42. The molecular weight excluding hydrogens is 319 g/mol. The first-order valence-electron chi connectivity index (χ1n) is 6.93. The summed E-state index contributed by atoms with van der Waals surface area (Å²) in [4.78, 5) is 12.1. The van der Waals surface area contributed by atoms with Crippen molar-refractivity contribution in [2.75, 3.05) is 0 Å². The summed E-state index contributed by atoms with van der Waals surface area (Å²) >= 11 is 0. The number of aromatic nitrogens is 2. The largest absolute Gasteiger partial charge is 0.418 e. The summed E-state index contributed by atoms with van der Waals surface area (Å²) in [7, 11) is 1.40. The van der Waals surface area contributed by atoms with Crippen LogP contribution in [0.25, 0.3) is 5.69 Å². The van der Waals surface area contributed by atoms with Gasteiger partial charge in [0, 0.05) is 37.6 Å². The van der Waals surface area contributed by atoms with E-state index in [0.29, 0.717) is 5.69 Å². The number of alkyl halides is 5. The second-order valence-electron chi connectivity index (χ2n) is 5.72. The van der Waals surface area contributed by atoms with Crippen molar-refractivity contribution in [1.82, 2.24) is 9.36 Å². The Bertz CT molecular complexity index is 795. The molecule has 0 saturated heterocycles. The van der Waals surface area contributed by atoms with E-state index in [2.05, 4.69) is 0 Å². The third-order valence-electron chi connectivity index (χ3n) is 4.10. The number of rotatable bonds is 2. The van der Waals surface area contributed by atoms with Crippen LogP contribution in [-0.4, -0.2) is 15.3 Å². The molecule has 23 heavy (non-hydrogen) atoms. The SMILES string of the molecule is Cn1c(C2CC(F)(F)C2)cc(=O)n1-c1ccccc1C(F)(F)F. The molecule has 0 aliphatic heterocycles. The zero-order valence-corrected chi connectivity index (χ0v) is 12.1. The zero-order valence-electron chi connectivity index (χ0n) is 12.1. The summed E-state index contributed by atoms with van der Waals surface area (Å²) in [5.74, 6) is -3.30. The fourth-order valence-electron chi connectivity index (χ4n) is 2.98. The molecule has 1 aliphatic rings. The van der Waals surface area contributed by atoms with Crippen molar-refractivity contribution >= 4 is 0 Å². The summed E-state index contributed by atoms with van der Waals surface area (Å²) in [6.45, 7) is 0. The molecule has 0 bridgehead atoms. The van der Waals surface area contributed by atoms with E-state index in [1.54, 1.807) is 0 Å². The van der Waals surface area contributed by atoms with E-state index in [1.165, 1.54) is 29.9 Å². The third kappa shape index (κ3) is 2.66. The van der Waals surface area contributed by atoms with Gasteiger partial charge in [0.05, 0.1) is 11.3 Å². The molecule has 0 N–H and O–H groups in total. The first kappa shape index (κ1) is 15.8. The van der Waals surface area contributed by atoms with E-state index in [1.807, 2.05) is 0 Å². The Morgan fingerprint density at radius 2 is 1.78 bits per heavy atom. The highest BCUT2D eigenvalue weighted by molar-refractivity contribution is 5.42. The lowest BCUT2D eigenvalue weighted by Gasteiger charge is -2.35. The van der Waals surface area contributed by atoms with Crippen LogP contribution in [0, 0.1) is 0 Å². The topological polar surface area (TPSA) is 26.9 Å². The van der Waals surface area contributed by atoms with Gasteiger partial charge in [-0.25, -0.2) is 13.5 Å². The summed E-state index contributed by atoms with van der Waals surface area (Å²) in [5, 5.41) is 0. The minimum absolute atomic E-state index is 0.315. The Kier molecular flexibility index (Phi) is 3.38. The van der Waals surface area contributed by atoms with Gasteiger partial charge in [-0.05, 0) is 12.1 Å². The molecule has 3 rings (SSSR count). The van der Waals surface area contributed by atoms with Gasteiger partial charge < -0.3 is 0 Å². The Morgan fingerprint density at radius 1 is 1.17 bits per heavy atom. The number of hydrogen-bond donors (Lipinski definition) is 0. The predicted octanol–water partition coefficient (Wildman–Crippen LogP) is 3.71. The van der Waals surface area contributed by atoms with Crippen LogP contribution >= 0.6 is 0 Å². The maximum Gasteiger partial charge on any atom is 0.418 e. The Morgan fingerprint density at radius 3 is 2.35 bits per heavy atom. The number of benzene rings is 1. The predicted molar refractivity (Wildman–Crippen MR) is 72.9 cm³/mol. The average molecular weight is 332 g/mol. The van der Waals surface area contributed by atoms with E-state index in [4.69, 9.17) is 0 Å². The number of nitrogens with zero attached hydrogens (tertiary/aromatic N) is 2. The molecule has 0 atom stereocenters. The summed E-state index contributed by atoms with van der Waals surface area (Å²) in [5.41, 5.74) is -1.62. The van der Waals surface area contributed by atoms with Crippen LogP contribution < -0.4 is 5.56 Å². The van der Waals surface area contributed by atoms with Crippen molar-refractivity contribution in [1.29, 1.82) is 0 Å². The van der Waals surface area contributed by atoms with Crippen LogP contribution in [0.5, 0.6) is 0 Å². The van der Waals surface area contributed by atoms with Gasteiger partial charge in [-0.3, -0.25) is 9.48 Å². The Balaban J connectivity index is 2.10. The lowest BCUT2D eigenvalue weighted by atomic mass is 9.79. The number of halogens is 5. The summed E-state index contributed by atoms with van der Waals surface area (Å²) in [6, 6.07) is 5.82. The minimum Gasteiger partial charge on any atom is -0.285 e. The molecule has 1 aromatic carbocycles. The van der Waals surface area contributed by atoms with Gasteiger partial charge >= 0.3 is 6.18 Å². The first-order chi connectivity index (χ1) is 10.6. The van der Waals surface area contributed by atoms with E-state index in [-0.39, 0.29) is 5.69 Å². The van der Waals surface area contributed by atoms with Crippen molar-refractivity contribution in [3.05, 3.63) is 51.9 Å². The van der Waals surface area contributed by atoms with Crippen LogP contribution in [0.15, 0.2) is 35.1 Å². The molecule has 0 radical (unpaired) electrons. The summed E-state index contributed by atoms with van der Waals surface area (Å²) < 4.78 is 67.5. The quantitative estimate of drug-likeness (QED) is 0.770. The molecule has 1 heterocycles. The molecule has 8 heteroatoms. The zero-order chi connectivity index (χ0) is 17.0. The van der Waals surface area contributed by atoms with Gasteiger partial charge in [0.25, 0.3) is 5.56 Å². The second kappa shape index (κ2) is 4.94. The van der Waals surface area contributed by atoms with Crippen molar-refractivity contribution in [2.24, 2.45) is 7.05 Å². The molecule has 0 unspecified atom stereocenters. The van der Waals surface area contributed by atoms with Crippen molar-refractivity contribution in [2.45, 2.75) is 30.9 Å². The van der Waals surface area contributed by atoms with Crippen LogP contribution in [0.2, 0.25) is 0 Å². The standard InChI is InChI=1S/C15H13F5N2O/c1-21-12(9-7-14(16,17)8-9)6-13(23)22(21)11-5-3-2-4-10(11)15(18,19)20/h2-6,9H,7-8H2,1H3.